The molecule has 0 N–H and O–H groups in total. The summed E-state index contributed by atoms with van der Waals surface area (Å²) >= 11 is -2.06. The van der Waals surface area contributed by atoms with Crippen molar-refractivity contribution in [1.82, 2.24) is 0 Å². The van der Waals surface area contributed by atoms with Crippen LogP contribution in [0.2, 0.25) is 17.7 Å². The first-order valence-corrected chi connectivity index (χ1v) is 17.7. The van der Waals surface area contributed by atoms with Crippen molar-refractivity contribution in [3.63, 3.8) is 0 Å². The Morgan fingerprint density at radius 3 is 1.55 bits per heavy atom. The van der Waals surface area contributed by atoms with Crippen LogP contribution in [0.5, 0.6) is 0 Å². The fourth-order valence-electron chi connectivity index (χ4n) is 3.42. The summed E-state index contributed by atoms with van der Waals surface area (Å²) in [5, 5.41) is 0. The molecule has 1 heteroatoms. The molecule has 0 aliphatic heterocycles. The van der Waals surface area contributed by atoms with Gasteiger partial charge in [-0.3, -0.25) is 0 Å². The van der Waals surface area contributed by atoms with E-state index in [0.717, 1.165) is 0 Å². The van der Waals surface area contributed by atoms with Gasteiger partial charge in [-0.15, -0.1) is 0 Å². The van der Waals surface area contributed by atoms with E-state index in [0.29, 0.717) is 5.41 Å². The topological polar surface area (TPSA) is 0 Å². The molecule has 22 heavy (non-hydrogen) atoms. The van der Waals surface area contributed by atoms with Crippen molar-refractivity contribution < 1.29 is 0 Å². The maximum atomic E-state index is 3.98. The van der Waals surface area contributed by atoms with Crippen LogP contribution in [0.1, 0.15) is 80.1 Å². The van der Waals surface area contributed by atoms with Crippen LogP contribution in [-0.4, -0.2) is 18.4 Å². The van der Waals surface area contributed by atoms with Crippen molar-refractivity contribution in [2.45, 2.75) is 97.8 Å². The van der Waals surface area contributed by atoms with E-state index in [1.807, 2.05) is 6.08 Å². The van der Waals surface area contributed by atoms with E-state index in [9.17, 15) is 0 Å². The standard InChI is InChI=1S/C9H15.3C4H9.Sn/c1-6-7-8(2)9(3,4)5;3*1-3-4-2;/h6-7H,1-2H2,3-5H3;3*1,3-4H2,2H3;/b8-7+;;;;. The Morgan fingerprint density at radius 2 is 1.27 bits per heavy atom. The fourth-order valence-corrected chi connectivity index (χ4v) is 20.7. The molecule has 0 amide bonds. The van der Waals surface area contributed by atoms with Gasteiger partial charge in [0.15, 0.2) is 0 Å². The predicted molar refractivity (Wildman–Crippen MR) is 107 cm³/mol. The first kappa shape index (κ1) is 22.3. The summed E-state index contributed by atoms with van der Waals surface area (Å²) in [6.07, 6.45) is 12.9. The third-order valence-corrected chi connectivity index (χ3v) is 20.4. The van der Waals surface area contributed by atoms with Crippen LogP contribution in [0.25, 0.3) is 0 Å². The molecular formula is C21H42Sn. The quantitative estimate of drug-likeness (QED) is 0.225. The number of rotatable bonds is 12. The van der Waals surface area contributed by atoms with Crippen LogP contribution in [0, 0.1) is 5.41 Å². The summed E-state index contributed by atoms with van der Waals surface area (Å²) in [6, 6.07) is 0. The Labute approximate surface area is 145 Å². The van der Waals surface area contributed by atoms with E-state index in [-0.39, 0.29) is 0 Å². The van der Waals surface area contributed by atoms with Crippen LogP contribution in [0.4, 0.5) is 0 Å². The van der Waals surface area contributed by atoms with Crippen molar-refractivity contribution in [2.75, 3.05) is 0 Å². The van der Waals surface area contributed by atoms with Gasteiger partial charge in [0.2, 0.25) is 0 Å². The minimum atomic E-state index is -2.06. The Kier molecular flexibility index (Phi) is 11.9. The molecule has 0 aliphatic rings. The number of allylic oxidation sites excluding steroid dienone is 3. The van der Waals surface area contributed by atoms with Crippen LogP contribution >= 0.6 is 0 Å². The predicted octanol–water partition coefficient (Wildman–Crippen LogP) is 7.99. The average molecular weight is 413 g/mol. The summed E-state index contributed by atoms with van der Waals surface area (Å²) in [6.45, 7) is 18.2. The Balaban J connectivity index is 5.36. The molecule has 0 saturated heterocycles. The molecule has 0 rings (SSSR count). The zero-order valence-corrected chi connectivity index (χ0v) is 19.3. The van der Waals surface area contributed by atoms with E-state index in [4.69, 9.17) is 0 Å². The van der Waals surface area contributed by atoms with Gasteiger partial charge in [0, 0.05) is 0 Å². The average Bonchev–Trinajstić information content (AvgIpc) is 2.47. The van der Waals surface area contributed by atoms with Gasteiger partial charge in [0.25, 0.3) is 0 Å². The summed E-state index contributed by atoms with van der Waals surface area (Å²) < 4.78 is 6.30. The summed E-state index contributed by atoms with van der Waals surface area (Å²) in [7, 11) is 0. The Bertz CT molecular complexity index is 298. The van der Waals surface area contributed by atoms with Crippen molar-refractivity contribution in [3.8, 4) is 0 Å². The van der Waals surface area contributed by atoms with Crippen LogP contribution in [-0.2, 0) is 0 Å². The van der Waals surface area contributed by atoms with Crippen LogP contribution in [0.15, 0.2) is 24.3 Å². The summed E-state index contributed by atoms with van der Waals surface area (Å²) in [4.78, 5) is 0. The van der Waals surface area contributed by atoms with Gasteiger partial charge in [0.05, 0.1) is 0 Å². The van der Waals surface area contributed by atoms with E-state index in [2.05, 4.69) is 54.2 Å². The van der Waals surface area contributed by atoms with Crippen molar-refractivity contribution in [2.24, 2.45) is 5.41 Å². The zero-order chi connectivity index (χ0) is 17.1. The summed E-state index contributed by atoms with van der Waals surface area (Å²) in [5.74, 6) is 0. The molecule has 0 aromatic rings. The molecule has 0 nitrogen and oxygen atoms in total. The molecule has 0 heterocycles. The molecule has 0 spiro atoms. The van der Waals surface area contributed by atoms with Gasteiger partial charge in [-0.2, -0.15) is 0 Å². The second-order valence-electron chi connectivity index (χ2n) is 8.17. The first-order valence-electron chi connectivity index (χ1n) is 9.67. The molecule has 0 radical (unpaired) electrons. The number of hydrogen-bond acceptors (Lipinski definition) is 0. The SMILES string of the molecule is C=C/C=C(\[CH2][Sn]([CH2]CCC)([CH2]CCC)[CH2]CCC)C(C)(C)C. The second kappa shape index (κ2) is 11.8. The van der Waals surface area contributed by atoms with Crippen molar-refractivity contribution >= 4 is 18.4 Å². The molecule has 130 valence electrons. The first-order chi connectivity index (χ1) is 10.3. The Morgan fingerprint density at radius 1 is 0.864 bits per heavy atom. The molecule has 0 bridgehead atoms. The van der Waals surface area contributed by atoms with Crippen molar-refractivity contribution in [1.29, 1.82) is 0 Å². The molecule has 0 saturated carbocycles. The third-order valence-electron chi connectivity index (χ3n) is 5.03. The monoisotopic (exact) mass is 414 g/mol. The number of hydrogen-bond donors (Lipinski definition) is 0. The number of unbranched alkanes of at least 4 members (excludes halogenated alkanes) is 3. The fraction of sp³-hybridized carbons (Fsp3) is 0.810. The maximum absolute atomic E-state index is 3.98. The molecule has 0 aliphatic carbocycles. The molecule has 0 unspecified atom stereocenters. The Hall–Kier alpha value is 0.279. The van der Waals surface area contributed by atoms with Gasteiger partial charge < -0.3 is 0 Å². The zero-order valence-electron chi connectivity index (χ0n) is 16.4. The molecular weight excluding hydrogens is 371 g/mol. The third kappa shape index (κ3) is 8.79. The minimum absolute atomic E-state index is 0.307. The van der Waals surface area contributed by atoms with E-state index in [1.54, 1.807) is 18.9 Å². The van der Waals surface area contributed by atoms with Crippen LogP contribution in [0.3, 0.4) is 0 Å². The van der Waals surface area contributed by atoms with Gasteiger partial charge in [-0.25, -0.2) is 0 Å². The van der Waals surface area contributed by atoms with Crippen LogP contribution < -0.4 is 0 Å². The van der Waals surface area contributed by atoms with Gasteiger partial charge in [0.1, 0.15) is 0 Å². The molecule has 0 fully saturated rings. The second-order valence-corrected chi connectivity index (χ2v) is 22.0. The van der Waals surface area contributed by atoms with E-state index < -0.39 is 18.4 Å². The van der Waals surface area contributed by atoms with E-state index >= 15 is 0 Å². The summed E-state index contributed by atoms with van der Waals surface area (Å²) in [5.41, 5.74) is 1.99. The molecule has 0 aromatic carbocycles. The molecule has 0 atom stereocenters. The van der Waals surface area contributed by atoms with Gasteiger partial charge in [-0.05, 0) is 0 Å². The normalized spacial score (nSPS) is 13.5. The molecule has 0 aromatic heterocycles. The van der Waals surface area contributed by atoms with Gasteiger partial charge in [-0.1, -0.05) is 0 Å². The van der Waals surface area contributed by atoms with E-state index in [1.165, 1.54) is 43.0 Å². The van der Waals surface area contributed by atoms with Gasteiger partial charge >= 0.3 is 146 Å². The van der Waals surface area contributed by atoms with Crippen molar-refractivity contribution in [3.05, 3.63) is 24.3 Å².